The number of hydrogen-bond donors (Lipinski definition) is 0. The lowest BCUT2D eigenvalue weighted by atomic mass is 10.2. The normalized spacial score (nSPS) is 12.1. The Morgan fingerprint density at radius 1 is 1.20 bits per heavy atom. The van der Waals surface area contributed by atoms with E-state index in [-0.39, 0.29) is 24.1 Å². The zero-order chi connectivity index (χ0) is 17.6. The quantitative estimate of drug-likeness (QED) is 0.622. The van der Waals surface area contributed by atoms with Crippen LogP contribution < -0.4 is 4.74 Å². The van der Waals surface area contributed by atoms with E-state index in [1.54, 1.807) is 18.2 Å². The Bertz CT molecular complexity index is 870. The first-order valence-electron chi connectivity index (χ1n) is 7.42. The van der Waals surface area contributed by atoms with Crippen molar-refractivity contribution in [1.82, 2.24) is 10.1 Å². The molecular weight excluding hydrogens is 367 g/mol. The third kappa shape index (κ3) is 5.11. The molecule has 1 atom stereocenters. The van der Waals surface area contributed by atoms with E-state index in [9.17, 15) is 8.60 Å². The van der Waals surface area contributed by atoms with Gasteiger partial charge in [0, 0.05) is 21.4 Å². The minimum atomic E-state index is -1.22. The fourth-order valence-electron chi connectivity index (χ4n) is 2.05. The molecule has 3 rings (SSSR count). The average Bonchev–Trinajstić information content (AvgIpc) is 3.05. The maximum atomic E-state index is 12.8. The van der Waals surface area contributed by atoms with Gasteiger partial charge in [0.2, 0.25) is 11.7 Å². The molecule has 25 heavy (non-hydrogen) atoms. The highest BCUT2D eigenvalue weighted by molar-refractivity contribution is 7.84. The summed E-state index contributed by atoms with van der Waals surface area (Å²) in [5.41, 5.74) is 0.730. The second-order valence-corrected chi connectivity index (χ2v) is 7.13. The summed E-state index contributed by atoms with van der Waals surface area (Å²) < 4.78 is 35.4. The van der Waals surface area contributed by atoms with Crippen LogP contribution in [0.1, 0.15) is 5.89 Å². The van der Waals surface area contributed by atoms with Crippen LogP contribution in [0.3, 0.4) is 0 Å². The van der Waals surface area contributed by atoms with E-state index in [0.717, 1.165) is 5.56 Å². The Hall–Kier alpha value is -2.25. The first-order chi connectivity index (χ1) is 12.1. The van der Waals surface area contributed by atoms with Gasteiger partial charge in [-0.3, -0.25) is 4.21 Å². The second kappa shape index (κ2) is 8.22. The molecular formula is C17H14ClFN2O3S. The number of benzene rings is 2. The van der Waals surface area contributed by atoms with E-state index in [4.69, 9.17) is 20.9 Å². The van der Waals surface area contributed by atoms with Gasteiger partial charge in [0.05, 0.1) is 12.4 Å². The molecule has 130 valence electrons. The Morgan fingerprint density at radius 2 is 2.00 bits per heavy atom. The molecule has 0 aliphatic rings. The largest absolute Gasteiger partial charge is 0.493 e. The number of ether oxygens (including phenoxy) is 1. The Balaban J connectivity index is 1.50. The lowest BCUT2D eigenvalue weighted by Crippen LogP contribution is -2.10. The number of halogens is 2. The van der Waals surface area contributed by atoms with E-state index >= 15 is 0 Å². The predicted octanol–water partition coefficient (Wildman–Crippen LogP) is 3.86. The number of aromatic nitrogens is 2. The zero-order valence-corrected chi connectivity index (χ0v) is 14.6. The van der Waals surface area contributed by atoms with Crippen molar-refractivity contribution in [2.45, 2.75) is 5.75 Å². The zero-order valence-electron chi connectivity index (χ0n) is 13.0. The molecule has 0 aliphatic heterocycles. The van der Waals surface area contributed by atoms with Crippen molar-refractivity contribution < 1.29 is 17.9 Å². The van der Waals surface area contributed by atoms with E-state index < -0.39 is 10.8 Å². The molecule has 0 N–H and O–H groups in total. The molecule has 8 heteroatoms. The molecule has 5 nitrogen and oxygen atoms in total. The molecule has 1 aromatic heterocycles. The standard InChI is InChI=1S/C17H14ClFN2O3S/c18-13-3-1-2-12(10-13)17-20-16(24-21-17)11-25(22)9-8-23-15-6-4-14(19)5-7-15/h1-7,10H,8-9,11H2/t25-/m0/s1. The third-order valence-corrected chi connectivity index (χ3v) is 4.65. The van der Waals surface area contributed by atoms with Gasteiger partial charge in [-0.05, 0) is 36.4 Å². The van der Waals surface area contributed by atoms with Crippen molar-refractivity contribution in [2.24, 2.45) is 0 Å². The monoisotopic (exact) mass is 380 g/mol. The van der Waals surface area contributed by atoms with Crippen LogP contribution in [0.15, 0.2) is 53.1 Å². The van der Waals surface area contributed by atoms with Gasteiger partial charge >= 0.3 is 0 Å². The second-order valence-electron chi connectivity index (χ2n) is 5.11. The highest BCUT2D eigenvalue weighted by atomic mass is 35.5. The van der Waals surface area contributed by atoms with E-state index in [1.807, 2.05) is 6.07 Å². The molecule has 2 aromatic carbocycles. The van der Waals surface area contributed by atoms with Gasteiger partial charge in [0.15, 0.2) is 0 Å². The SMILES string of the molecule is O=[S@@](CCOc1ccc(F)cc1)Cc1nc(-c2cccc(Cl)c2)no1. The van der Waals surface area contributed by atoms with Crippen molar-refractivity contribution in [1.29, 1.82) is 0 Å². The van der Waals surface area contributed by atoms with E-state index in [1.165, 1.54) is 24.3 Å². The summed E-state index contributed by atoms with van der Waals surface area (Å²) in [6, 6.07) is 12.7. The molecule has 0 spiro atoms. The Labute approximate surface area is 151 Å². The first kappa shape index (κ1) is 17.6. The van der Waals surface area contributed by atoms with Gasteiger partial charge in [-0.15, -0.1) is 0 Å². The number of rotatable bonds is 7. The van der Waals surface area contributed by atoms with Crippen molar-refractivity contribution in [2.75, 3.05) is 12.4 Å². The number of hydrogen-bond acceptors (Lipinski definition) is 5. The summed E-state index contributed by atoms with van der Waals surface area (Å²) >= 11 is 5.93. The molecule has 0 saturated carbocycles. The van der Waals surface area contributed by atoms with Crippen molar-refractivity contribution >= 4 is 22.4 Å². The molecule has 3 aromatic rings. The summed E-state index contributed by atoms with van der Waals surface area (Å²) in [5, 5.41) is 4.45. The Kier molecular flexibility index (Phi) is 5.78. The summed E-state index contributed by atoms with van der Waals surface area (Å²) in [5.74, 6) is 1.32. The highest BCUT2D eigenvalue weighted by Gasteiger charge is 2.12. The highest BCUT2D eigenvalue weighted by Crippen LogP contribution is 2.20. The lowest BCUT2D eigenvalue weighted by Gasteiger charge is -2.05. The average molecular weight is 381 g/mol. The maximum absolute atomic E-state index is 12.8. The van der Waals surface area contributed by atoms with Crippen LogP contribution in [0, 0.1) is 5.82 Å². The molecule has 0 unspecified atom stereocenters. The molecule has 0 amide bonds. The fourth-order valence-corrected chi connectivity index (χ4v) is 3.05. The van der Waals surface area contributed by atoms with Gasteiger partial charge in [0.25, 0.3) is 0 Å². The van der Waals surface area contributed by atoms with Gasteiger partial charge < -0.3 is 9.26 Å². The fraction of sp³-hybridized carbons (Fsp3) is 0.176. The van der Waals surface area contributed by atoms with E-state index in [0.29, 0.717) is 22.3 Å². The molecule has 1 heterocycles. The summed E-state index contributed by atoms with van der Waals surface area (Å²) in [7, 11) is -1.22. The third-order valence-electron chi connectivity index (χ3n) is 3.23. The van der Waals surface area contributed by atoms with Crippen LogP contribution >= 0.6 is 11.6 Å². The molecule has 0 radical (unpaired) electrons. The molecule has 0 bridgehead atoms. The smallest absolute Gasteiger partial charge is 0.239 e. The lowest BCUT2D eigenvalue weighted by molar-refractivity contribution is 0.341. The molecule has 0 aliphatic carbocycles. The van der Waals surface area contributed by atoms with Gasteiger partial charge in [-0.25, -0.2) is 4.39 Å². The van der Waals surface area contributed by atoms with Gasteiger partial charge in [0.1, 0.15) is 17.3 Å². The summed E-state index contributed by atoms with van der Waals surface area (Å²) in [6.07, 6.45) is 0. The summed E-state index contributed by atoms with van der Waals surface area (Å²) in [4.78, 5) is 4.23. The van der Waals surface area contributed by atoms with Crippen LogP contribution in [0.2, 0.25) is 5.02 Å². The van der Waals surface area contributed by atoms with Crippen molar-refractivity contribution in [3.05, 3.63) is 65.3 Å². The van der Waals surface area contributed by atoms with Crippen molar-refractivity contribution in [3.8, 4) is 17.1 Å². The molecule has 0 fully saturated rings. The predicted molar refractivity (Wildman–Crippen MR) is 93.4 cm³/mol. The van der Waals surface area contributed by atoms with Crippen LogP contribution in [0.25, 0.3) is 11.4 Å². The van der Waals surface area contributed by atoms with E-state index in [2.05, 4.69) is 10.1 Å². The van der Waals surface area contributed by atoms with Crippen LogP contribution in [0.5, 0.6) is 5.75 Å². The minimum Gasteiger partial charge on any atom is -0.493 e. The number of nitrogens with zero attached hydrogens (tertiary/aromatic N) is 2. The minimum absolute atomic E-state index is 0.139. The molecule has 0 saturated heterocycles. The maximum Gasteiger partial charge on any atom is 0.239 e. The van der Waals surface area contributed by atoms with Crippen LogP contribution in [-0.4, -0.2) is 26.7 Å². The van der Waals surface area contributed by atoms with Gasteiger partial charge in [-0.1, -0.05) is 28.9 Å². The van der Waals surface area contributed by atoms with Crippen LogP contribution in [-0.2, 0) is 16.6 Å². The summed E-state index contributed by atoms with van der Waals surface area (Å²) in [6.45, 7) is 0.244. The first-order valence-corrected chi connectivity index (χ1v) is 9.28. The van der Waals surface area contributed by atoms with Crippen LogP contribution in [0.4, 0.5) is 4.39 Å². The topological polar surface area (TPSA) is 65.2 Å². The van der Waals surface area contributed by atoms with Gasteiger partial charge in [-0.2, -0.15) is 4.98 Å². The Morgan fingerprint density at radius 3 is 2.76 bits per heavy atom. The van der Waals surface area contributed by atoms with Crippen molar-refractivity contribution in [3.63, 3.8) is 0 Å².